The normalized spacial score (nSPS) is 15.6. The van der Waals surface area contributed by atoms with E-state index in [2.05, 4.69) is 21.8 Å². The van der Waals surface area contributed by atoms with Crippen LogP contribution in [-0.2, 0) is 28.8 Å². The molecule has 2 heterocycles. The number of ether oxygens (including phenoxy) is 2. The number of nitrogens with zero attached hydrogens (tertiary/aromatic N) is 2. The summed E-state index contributed by atoms with van der Waals surface area (Å²) in [5, 5.41) is 0.173. The molecule has 4 rings (SSSR count). The molecule has 0 unspecified atom stereocenters. The van der Waals surface area contributed by atoms with Crippen molar-refractivity contribution in [1.29, 1.82) is 0 Å². The minimum atomic E-state index is -0.504. The lowest BCUT2D eigenvalue weighted by Gasteiger charge is -2.39. The summed E-state index contributed by atoms with van der Waals surface area (Å²) in [7, 11) is 1.60. The lowest BCUT2D eigenvalue weighted by Crippen LogP contribution is -2.54. The van der Waals surface area contributed by atoms with Crippen LogP contribution in [0.5, 0.6) is 5.88 Å². The first-order valence-electron chi connectivity index (χ1n) is 11.3. The molecule has 1 N–H and O–H groups in total. The van der Waals surface area contributed by atoms with Gasteiger partial charge in [0.05, 0.1) is 18.8 Å². The van der Waals surface area contributed by atoms with E-state index in [-0.39, 0.29) is 17.3 Å². The molecule has 2 aliphatic rings. The highest BCUT2D eigenvalue weighted by Gasteiger charge is 2.34. The van der Waals surface area contributed by atoms with E-state index >= 15 is 0 Å². The van der Waals surface area contributed by atoms with Crippen LogP contribution in [0.2, 0.25) is 0 Å². The van der Waals surface area contributed by atoms with Crippen molar-refractivity contribution in [2.45, 2.75) is 57.3 Å². The van der Waals surface area contributed by atoms with Crippen LogP contribution in [0.15, 0.2) is 30.5 Å². The highest BCUT2D eigenvalue weighted by atomic mass is 32.2. The average molecular weight is 470 g/mol. The number of fused-ring (bicyclic) bond motifs is 1. The smallest absolute Gasteiger partial charge is 0.410 e. The molecule has 0 saturated carbocycles. The van der Waals surface area contributed by atoms with Gasteiger partial charge in [-0.05, 0) is 85.9 Å². The molecular formula is C25H31N3O4S. The monoisotopic (exact) mass is 469 g/mol. The molecule has 2 amide bonds. The van der Waals surface area contributed by atoms with Crippen molar-refractivity contribution in [2.75, 3.05) is 20.2 Å². The van der Waals surface area contributed by atoms with Gasteiger partial charge in [-0.3, -0.25) is 9.52 Å². The van der Waals surface area contributed by atoms with Gasteiger partial charge in [-0.2, -0.15) is 0 Å². The second-order valence-electron chi connectivity index (χ2n) is 9.50. The highest BCUT2D eigenvalue weighted by molar-refractivity contribution is 7.98. The fraction of sp³-hybridized carbons (Fsp3) is 0.480. The fourth-order valence-corrected chi connectivity index (χ4v) is 5.12. The summed E-state index contributed by atoms with van der Waals surface area (Å²) in [4.78, 5) is 30.8. The number of hydrogen-bond donors (Lipinski definition) is 1. The Morgan fingerprint density at radius 1 is 1.21 bits per heavy atom. The Morgan fingerprint density at radius 2 is 2.00 bits per heavy atom. The third-order valence-electron chi connectivity index (χ3n) is 5.83. The Hall–Kier alpha value is -2.74. The summed E-state index contributed by atoms with van der Waals surface area (Å²) in [6, 6.07) is 8.15. The molecule has 1 saturated heterocycles. The number of nitrogens with one attached hydrogen (secondary N) is 1. The van der Waals surface area contributed by atoms with E-state index in [0.29, 0.717) is 25.4 Å². The molecule has 1 fully saturated rings. The predicted octanol–water partition coefficient (Wildman–Crippen LogP) is 4.17. The van der Waals surface area contributed by atoms with Crippen molar-refractivity contribution < 1.29 is 19.1 Å². The molecule has 2 aromatic rings. The number of amides is 2. The lowest BCUT2D eigenvalue weighted by atomic mass is 9.91. The number of rotatable bonds is 6. The predicted molar refractivity (Wildman–Crippen MR) is 129 cm³/mol. The molecule has 1 aromatic carbocycles. The van der Waals surface area contributed by atoms with Crippen molar-refractivity contribution in [3.05, 3.63) is 47.2 Å². The highest BCUT2D eigenvalue weighted by Crippen LogP contribution is 2.35. The molecule has 1 aromatic heterocycles. The number of likely N-dealkylation sites (tertiary alicyclic amines) is 1. The molecular weight excluding hydrogens is 438 g/mol. The summed E-state index contributed by atoms with van der Waals surface area (Å²) >= 11 is 1.39. The maximum absolute atomic E-state index is 12.9. The van der Waals surface area contributed by atoms with Gasteiger partial charge in [0, 0.05) is 25.4 Å². The molecule has 0 spiro atoms. The van der Waals surface area contributed by atoms with E-state index in [1.165, 1.54) is 23.1 Å². The molecule has 8 heteroatoms. The van der Waals surface area contributed by atoms with Crippen LogP contribution in [0.4, 0.5) is 4.79 Å². The molecule has 1 aliphatic carbocycles. The van der Waals surface area contributed by atoms with Gasteiger partial charge in [-0.15, -0.1) is 0 Å². The Balaban J connectivity index is 1.39. The summed E-state index contributed by atoms with van der Waals surface area (Å²) in [5.41, 5.74) is 5.26. The number of methoxy groups -OCH3 is 1. The topological polar surface area (TPSA) is 80.8 Å². The number of pyridine rings is 1. The first kappa shape index (κ1) is 23.4. The van der Waals surface area contributed by atoms with Crippen LogP contribution >= 0.6 is 11.9 Å². The number of carbonyl (C=O) groups excluding carboxylic acids is 2. The lowest BCUT2D eigenvalue weighted by molar-refractivity contribution is -0.118. The van der Waals surface area contributed by atoms with Crippen molar-refractivity contribution in [2.24, 2.45) is 0 Å². The van der Waals surface area contributed by atoms with Gasteiger partial charge in [0.25, 0.3) is 0 Å². The Bertz CT molecular complexity index is 1040. The van der Waals surface area contributed by atoms with Crippen molar-refractivity contribution in [3.63, 3.8) is 0 Å². The largest absolute Gasteiger partial charge is 0.481 e. The second-order valence-corrected chi connectivity index (χ2v) is 10.6. The standard InChI is InChI=1S/C25H31N3O4S/c1-25(2,3)32-24(30)28-14-18(15-28)33-27-22(29)13-21-19-7-5-6-16(19)8-9-20(21)17-10-11-26-23(12-17)31-4/h8-12,18H,5-7,13-15H2,1-4H3,(H,27,29). The van der Waals surface area contributed by atoms with E-state index in [1.54, 1.807) is 18.2 Å². The SMILES string of the molecule is COc1cc(-c2ccc3c(c2CC(=O)NSC2CN(C(=O)OC(C)(C)C)C2)CCC3)ccn1. The number of hydrogen-bond acceptors (Lipinski definition) is 6. The minimum absolute atomic E-state index is 0.0294. The molecule has 33 heavy (non-hydrogen) atoms. The van der Waals surface area contributed by atoms with Crippen LogP contribution in [0.3, 0.4) is 0 Å². The fourth-order valence-electron chi connectivity index (χ4n) is 4.24. The Morgan fingerprint density at radius 3 is 2.73 bits per heavy atom. The number of carbonyl (C=O) groups is 2. The quantitative estimate of drug-likeness (QED) is 0.640. The minimum Gasteiger partial charge on any atom is -0.481 e. The molecule has 7 nitrogen and oxygen atoms in total. The van der Waals surface area contributed by atoms with Crippen LogP contribution in [0.1, 0.15) is 43.9 Å². The van der Waals surface area contributed by atoms with Gasteiger partial charge in [0.15, 0.2) is 0 Å². The maximum Gasteiger partial charge on any atom is 0.410 e. The molecule has 1 aliphatic heterocycles. The van der Waals surface area contributed by atoms with Crippen LogP contribution < -0.4 is 9.46 Å². The zero-order valence-electron chi connectivity index (χ0n) is 19.6. The Labute approximate surface area is 199 Å². The van der Waals surface area contributed by atoms with Gasteiger partial charge >= 0.3 is 6.09 Å². The Kier molecular flexibility index (Phi) is 6.83. The van der Waals surface area contributed by atoms with Crippen molar-refractivity contribution in [3.8, 4) is 17.0 Å². The van der Waals surface area contributed by atoms with Gasteiger partial charge in [0.2, 0.25) is 11.8 Å². The zero-order valence-corrected chi connectivity index (χ0v) is 20.5. The van der Waals surface area contributed by atoms with E-state index in [9.17, 15) is 9.59 Å². The van der Waals surface area contributed by atoms with Crippen LogP contribution in [0.25, 0.3) is 11.1 Å². The van der Waals surface area contributed by atoms with E-state index in [0.717, 1.165) is 36.0 Å². The molecule has 0 atom stereocenters. The van der Waals surface area contributed by atoms with Gasteiger partial charge in [0.1, 0.15) is 5.60 Å². The van der Waals surface area contributed by atoms with Crippen LogP contribution in [-0.4, -0.2) is 52.9 Å². The third-order valence-corrected chi connectivity index (χ3v) is 6.81. The van der Waals surface area contributed by atoms with E-state index < -0.39 is 5.60 Å². The van der Waals surface area contributed by atoms with Crippen molar-refractivity contribution >= 4 is 23.9 Å². The number of aryl methyl sites for hydroxylation is 1. The van der Waals surface area contributed by atoms with E-state index in [4.69, 9.17) is 9.47 Å². The van der Waals surface area contributed by atoms with Crippen molar-refractivity contribution in [1.82, 2.24) is 14.6 Å². The van der Waals surface area contributed by atoms with Gasteiger partial charge < -0.3 is 14.4 Å². The number of aromatic nitrogens is 1. The first-order valence-corrected chi connectivity index (χ1v) is 12.2. The van der Waals surface area contributed by atoms with Crippen LogP contribution in [0, 0.1) is 0 Å². The molecule has 176 valence electrons. The third kappa shape index (κ3) is 5.61. The van der Waals surface area contributed by atoms with Gasteiger partial charge in [-0.1, -0.05) is 12.1 Å². The summed E-state index contributed by atoms with van der Waals surface area (Å²) in [5.74, 6) is 0.525. The van der Waals surface area contributed by atoms with E-state index in [1.807, 2.05) is 32.9 Å². The summed E-state index contributed by atoms with van der Waals surface area (Å²) in [6.07, 6.45) is 4.91. The maximum atomic E-state index is 12.9. The average Bonchev–Trinajstić information content (AvgIpc) is 3.21. The molecule has 0 bridgehead atoms. The second kappa shape index (κ2) is 9.63. The van der Waals surface area contributed by atoms with Gasteiger partial charge in [-0.25, -0.2) is 9.78 Å². The number of benzene rings is 1. The summed E-state index contributed by atoms with van der Waals surface area (Å²) in [6.45, 7) is 6.71. The summed E-state index contributed by atoms with van der Waals surface area (Å²) < 4.78 is 13.7. The molecule has 0 radical (unpaired) electrons. The zero-order chi connectivity index (χ0) is 23.6. The first-order chi connectivity index (χ1) is 15.7.